The Morgan fingerprint density at radius 3 is 2.19 bits per heavy atom. The SMILES string of the molecule is CCOc1ccccc1N(CC(=O)N(Cc1ccccc1F)[C@H](Cc1ccccc1)C(=O)NCC(C)C)S(=O)(=O)c1ccc(Cl)cc1. The zero-order chi connectivity index (χ0) is 34.0. The van der Waals surface area contributed by atoms with Crippen molar-refractivity contribution in [1.82, 2.24) is 10.2 Å². The first-order chi connectivity index (χ1) is 22.5. The standard InChI is InChI=1S/C36H39ClFN3O5S/c1-4-46-34-17-11-10-16-32(34)41(47(44,45)30-20-18-29(37)19-21-30)25-35(42)40(24-28-14-8-9-15-31(28)38)33(36(43)39-23-26(2)3)22-27-12-6-5-7-13-27/h5-21,26,33H,4,22-25H2,1-3H3,(H,39,43)/t33-/m1/s1. The van der Waals surface area contributed by atoms with Gasteiger partial charge in [0.05, 0.1) is 17.2 Å². The van der Waals surface area contributed by atoms with Gasteiger partial charge in [-0.05, 0) is 60.9 Å². The van der Waals surface area contributed by atoms with E-state index in [1.807, 2.05) is 44.2 Å². The number of hydrogen-bond donors (Lipinski definition) is 1. The van der Waals surface area contributed by atoms with Crippen molar-refractivity contribution in [2.75, 3.05) is 24.0 Å². The molecule has 0 unspecified atom stereocenters. The summed E-state index contributed by atoms with van der Waals surface area (Å²) in [5, 5.41) is 3.26. The highest BCUT2D eigenvalue weighted by Crippen LogP contribution is 2.33. The van der Waals surface area contributed by atoms with Gasteiger partial charge in [0.15, 0.2) is 0 Å². The van der Waals surface area contributed by atoms with Crippen LogP contribution in [0.3, 0.4) is 0 Å². The molecule has 11 heteroatoms. The molecule has 1 atom stereocenters. The topological polar surface area (TPSA) is 96.0 Å². The van der Waals surface area contributed by atoms with Crippen molar-refractivity contribution in [3.63, 3.8) is 0 Å². The van der Waals surface area contributed by atoms with Crippen LogP contribution in [0.15, 0.2) is 108 Å². The molecule has 0 aromatic heterocycles. The number of anilines is 1. The molecule has 0 bridgehead atoms. The van der Waals surface area contributed by atoms with Crippen LogP contribution in [-0.2, 0) is 32.6 Å². The highest BCUT2D eigenvalue weighted by molar-refractivity contribution is 7.92. The molecule has 8 nitrogen and oxygen atoms in total. The lowest BCUT2D eigenvalue weighted by Gasteiger charge is -2.34. The molecule has 4 rings (SSSR count). The first kappa shape index (κ1) is 35.4. The van der Waals surface area contributed by atoms with Crippen LogP contribution in [0.2, 0.25) is 5.02 Å². The van der Waals surface area contributed by atoms with E-state index < -0.39 is 40.2 Å². The summed E-state index contributed by atoms with van der Waals surface area (Å²) >= 11 is 6.06. The summed E-state index contributed by atoms with van der Waals surface area (Å²) in [5.41, 5.74) is 1.08. The van der Waals surface area contributed by atoms with Crippen LogP contribution in [0.4, 0.5) is 10.1 Å². The van der Waals surface area contributed by atoms with E-state index >= 15 is 4.39 Å². The van der Waals surface area contributed by atoms with Crippen LogP contribution in [-0.4, -0.2) is 50.9 Å². The molecular formula is C36H39ClFN3O5S. The van der Waals surface area contributed by atoms with Gasteiger partial charge in [-0.15, -0.1) is 0 Å². The lowest BCUT2D eigenvalue weighted by molar-refractivity contribution is -0.140. The minimum Gasteiger partial charge on any atom is -0.492 e. The van der Waals surface area contributed by atoms with Gasteiger partial charge in [-0.25, -0.2) is 12.8 Å². The molecule has 4 aromatic rings. The minimum atomic E-state index is -4.38. The van der Waals surface area contributed by atoms with Gasteiger partial charge in [0.2, 0.25) is 11.8 Å². The van der Waals surface area contributed by atoms with Crippen molar-refractivity contribution >= 4 is 39.1 Å². The number of benzene rings is 4. The van der Waals surface area contributed by atoms with Crippen molar-refractivity contribution in [2.45, 2.75) is 44.7 Å². The zero-order valence-electron chi connectivity index (χ0n) is 26.6. The quantitative estimate of drug-likeness (QED) is 0.155. The monoisotopic (exact) mass is 679 g/mol. The maximum absolute atomic E-state index is 15.1. The van der Waals surface area contributed by atoms with E-state index in [2.05, 4.69) is 5.32 Å². The van der Waals surface area contributed by atoms with Crippen LogP contribution in [0, 0.1) is 11.7 Å². The molecule has 0 saturated heterocycles. The molecule has 0 fully saturated rings. The number of nitrogens with one attached hydrogen (secondary N) is 1. The maximum Gasteiger partial charge on any atom is 0.264 e. The van der Waals surface area contributed by atoms with E-state index in [0.29, 0.717) is 11.6 Å². The summed E-state index contributed by atoms with van der Waals surface area (Å²) in [6.07, 6.45) is 0.116. The fraction of sp³-hybridized carbons (Fsp3) is 0.278. The Kier molecular flexibility index (Phi) is 12.4. The van der Waals surface area contributed by atoms with E-state index in [4.69, 9.17) is 16.3 Å². The van der Waals surface area contributed by atoms with Crippen molar-refractivity contribution in [3.05, 3.63) is 125 Å². The Morgan fingerprint density at radius 1 is 0.894 bits per heavy atom. The highest BCUT2D eigenvalue weighted by atomic mass is 35.5. The third kappa shape index (κ3) is 9.33. The summed E-state index contributed by atoms with van der Waals surface area (Å²) in [4.78, 5) is 29.6. The summed E-state index contributed by atoms with van der Waals surface area (Å²) in [6, 6.07) is 26.2. The summed E-state index contributed by atoms with van der Waals surface area (Å²) in [5.74, 6) is -1.33. The molecule has 1 N–H and O–H groups in total. The predicted octanol–water partition coefficient (Wildman–Crippen LogP) is 6.49. The molecule has 0 radical (unpaired) electrons. The Balaban J connectivity index is 1.84. The number of halogens is 2. The van der Waals surface area contributed by atoms with Gasteiger partial charge in [0.25, 0.3) is 10.0 Å². The second-order valence-corrected chi connectivity index (χ2v) is 13.6. The van der Waals surface area contributed by atoms with Gasteiger partial charge < -0.3 is 15.0 Å². The van der Waals surface area contributed by atoms with Crippen LogP contribution >= 0.6 is 11.6 Å². The van der Waals surface area contributed by atoms with E-state index in [0.717, 1.165) is 9.87 Å². The number of ether oxygens (including phenoxy) is 1. The van der Waals surface area contributed by atoms with Crippen molar-refractivity contribution in [2.24, 2.45) is 5.92 Å². The number of carbonyl (C=O) groups excluding carboxylic acids is 2. The number of amides is 2. The predicted molar refractivity (Wildman–Crippen MR) is 182 cm³/mol. The lowest BCUT2D eigenvalue weighted by atomic mass is 10.0. The highest BCUT2D eigenvalue weighted by Gasteiger charge is 2.36. The molecule has 0 heterocycles. The fourth-order valence-electron chi connectivity index (χ4n) is 4.97. The number of hydrogen-bond acceptors (Lipinski definition) is 5. The zero-order valence-corrected chi connectivity index (χ0v) is 28.2. The average molecular weight is 680 g/mol. The second-order valence-electron chi connectivity index (χ2n) is 11.3. The maximum atomic E-state index is 15.1. The Morgan fingerprint density at radius 2 is 1.53 bits per heavy atom. The minimum absolute atomic E-state index is 0.0998. The van der Waals surface area contributed by atoms with Crippen LogP contribution in [0.1, 0.15) is 31.9 Å². The number of rotatable bonds is 15. The third-order valence-corrected chi connectivity index (χ3v) is 9.39. The van der Waals surface area contributed by atoms with Gasteiger partial charge in [-0.3, -0.25) is 13.9 Å². The van der Waals surface area contributed by atoms with E-state index in [1.54, 1.807) is 37.3 Å². The molecule has 47 heavy (non-hydrogen) atoms. The number of carbonyl (C=O) groups is 2. The largest absolute Gasteiger partial charge is 0.492 e. The normalized spacial score (nSPS) is 12.0. The van der Waals surface area contributed by atoms with Gasteiger partial charge in [-0.2, -0.15) is 0 Å². The first-order valence-electron chi connectivity index (χ1n) is 15.4. The van der Waals surface area contributed by atoms with E-state index in [1.165, 1.54) is 47.4 Å². The summed E-state index contributed by atoms with van der Waals surface area (Å²) < 4.78 is 50.4. The fourth-order valence-corrected chi connectivity index (χ4v) is 6.53. The van der Waals surface area contributed by atoms with E-state index in [-0.39, 0.29) is 47.4 Å². The summed E-state index contributed by atoms with van der Waals surface area (Å²) in [6.45, 7) is 5.28. The lowest BCUT2D eigenvalue weighted by Crippen LogP contribution is -2.53. The molecule has 0 aliphatic heterocycles. The van der Waals surface area contributed by atoms with Gasteiger partial charge in [0, 0.05) is 30.1 Å². The van der Waals surface area contributed by atoms with Gasteiger partial charge in [0.1, 0.15) is 24.2 Å². The molecule has 0 spiro atoms. The molecule has 0 saturated carbocycles. The number of sulfonamides is 1. The van der Waals surface area contributed by atoms with E-state index in [9.17, 15) is 18.0 Å². The van der Waals surface area contributed by atoms with Crippen molar-refractivity contribution in [1.29, 1.82) is 0 Å². The Hall–Kier alpha value is -4.41. The first-order valence-corrected chi connectivity index (χ1v) is 17.2. The molecule has 4 aromatic carbocycles. The molecule has 2 amide bonds. The Labute approximate surface area is 281 Å². The third-order valence-electron chi connectivity index (χ3n) is 7.37. The average Bonchev–Trinajstić information content (AvgIpc) is 3.06. The second kappa shape index (κ2) is 16.4. The molecule has 248 valence electrons. The molecular weight excluding hydrogens is 641 g/mol. The van der Waals surface area contributed by atoms with Crippen LogP contribution in [0.25, 0.3) is 0 Å². The van der Waals surface area contributed by atoms with Gasteiger partial charge >= 0.3 is 0 Å². The number of nitrogens with zero attached hydrogens (tertiary/aromatic N) is 2. The molecule has 0 aliphatic carbocycles. The smallest absolute Gasteiger partial charge is 0.264 e. The van der Waals surface area contributed by atoms with Gasteiger partial charge in [-0.1, -0.05) is 86.1 Å². The Bertz CT molecular complexity index is 1750. The van der Waals surface area contributed by atoms with Crippen LogP contribution < -0.4 is 14.4 Å². The van der Waals surface area contributed by atoms with Crippen molar-refractivity contribution in [3.8, 4) is 5.75 Å². The summed E-state index contributed by atoms with van der Waals surface area (Å²) in [7, 11) is -4.38. The van der Waals surface area contributed by atoms with Crippen molar-refractivity contribution < 1.29 is 27.1 Å². The number of para-hydroxylation sites is 2. The molecule has 0 aliphatic rings. The van der Waals surface area contributed by atoms with Crippen LogP contribution in [0.5, 0.6) is 5.75 Å².